The van der Waals surface area contributed by atoms with Gasteiger partial charge in [0.2, 0.25) is 5.43 Å². The van der Waals surface area contributed by atoms with Crippen molar-refractivity contribution in [2.45, 2.75) is 19.8 Å². The average Bonchev–Trinajstić information content (AvgIpc) is 3.16. The van der Waals surface area contributed by atoms with Gasteiger partial charge in [0.05, 0.1) is 7.11 Å². The summed E-state index contributed by atoms with van der Waals surface area (Å²) in [5.41, 5.74) is 1.80. The number of carbonyl (C=O) groups excluding carboxylic acids is 2. The molecule has 0 fully saturated rings. The molecule has 1 amide bonds. The molecule has 1 aromatic carbocycles. The van der Waals surface area contributed by atoms with E-state index in [1.165, 1.54) is 30.7 Å². The highest BCUT2D eigenvalue weighted by Gasteiger charge is 2.20. The lowest BCUT2D eigenvalue weighted by Crippen LogP contribution is -2.22. The number of thiazole rings is 1. The first-order chi connectivity index (χ1) is 14.9. The molecule has 0 bridgehead atoms. The van der Waals surface area contributed by atoms with Crippen molar-refractivity contribution in [3.8, 4) is 5.75 Å². The number of benzene rings is 1. The smallest absolute Gasteiger partial charge is 0.357 e. The van der Waals surface area contributed by atoms with Crippen molar-refractivity contribution in [2.75, 3.05) is 19.0 Å². The van der Waals surface area contributed by atoms with E-state index in [0.29, 0.717) is 6.42 Å². The summed E-state index contributed by atoms with van der Waals surface area (Å²) in [5.74, 6) is -0.956. The van der Waals surface area contributed by atoms with Crippen LogP contribution in [0.5, 0.6) is 5.75 Å². The summed E-state index contributed by atoms with van der Waals surface area (Å²) in [6.07, 6.45) is 2.84. The number of ether oxygens (including phenoxy) is 2. The number of rotatable bonds is 8. The number of amides is 1. The van der Waals surface area contributed by atoms with Gasteiger partial charge in [0, 0.05) is 29.9 Å². The Hall–Kier alpha value is -3.46. The van der Waals surface area contributed by atoms with E-state index >= 15 is 0 Å². The average molecular weight is 442 g/mol. The maximum absolute atomic E-state index is 12.3. The first-order valence-corrected chi connectivity index (χ1v) is 10.4. The van der Waals surface area contributed by atoms with Gasteiger partial charge in [-0.2, -0.15) is 0 Å². The molecule has 0 spiro atoms. The molecule has 0 aliphatic heterocycles. The van der Waals surface area contributed by atoms with Gasteiger partial charge in [0.15, 0.2) is 23.2 Å². The summed E-state index contributed by atoms with van der Waals surface area (Å²) in [5, 5.41) is 2.89. The van der Waals surface area contributed by atoms with Crippen LogP contribution in [0, 0.1) is 6.92 Å². The molecule has 2 aromatic heterocycles. The molecule has 162 valence electrons. The van der Waals surface area contributed by atoms with Gasteiger partial charge >= 0.3 is 5.97 Å². The van der Waals surface area contributed by atoms with Crippen LogP contribution in [0.3, 0.4) is 0 Å². The van der Waals surface area contributed by atoms with Gasteiger partial charge < -0.3 is 14.0 Å². The van der Waals surface area contributed by atoms with E-state index < -0.39 is 11.9 Å². The molecular formula is C22H23N3O5S. The number of carbonyl (C=O) groups is 2. The molecule has 0 saturated heterocycles. The quantitative estimate of drug-likeness (QED) is 0.540. The van der Waals surface area contributed by atoms with Gasteiger partial charge in [-0.15, -0.1) is 11.3 Å². The summed E-state index contributed by atoms with van der Waals surface area (Å²) in [7, 11) is 3.07. The Morgan fingerprint density at radius 2 is 1.94 bits per heavy atom. The maximum Gasteiger partial charge on any atom is 0.357 e. The second-order valence-electron chi connectivity index (χ2n) is 6.86. The largest absolute Gasteiger partial charge is 0.478 e. The third-order valence-corrected chi connectivity index (χ3v) is 5.65. The van der Waals surface area contributed by atoms with Crippen molar-refractivity contribution in [3.05, 3.63) is 74.6 Å². The SMILES string of the molecule is COC(=O)c1nc(NC(=O)COc2cn(C)c(C)cc2=O)sc1CCc1ccccc1. The van der Waals surface area contributed by atoms with Gasteiger partial charge in [-0.3, -0.25) is 14.9 Å². The topological polar surface area (TPSA) is 99.5 Å². The molecular weight excluding hydrogens is 418 g/mol. The Balaban J connectivity index is 1.67. The fourth-order valence-electron chi connectivity index (χ4n) is 2.84. The molecule has 0 aliphatic carbocycles. The van der Waals surface area contributed by atoms with Gasteiger partial charge in [-0.1, -0.05) is 30.3 Å². The first kappa shape index (κ1) is 22.2. The number of anilines is 1. The monoisotopic (exact) mass is 441 g/mol. The van der Waals surface area contributed by atoms with Crippen molar-refractivity contribution >= 4 is 28.3 Å². The van der Waals surface area contributed by atoms with Crippen LogP contribution in [-0.2, 0) is 29.4 Å². The second-order valence-corrected chi connectivity index (χ2v) is 7.94. The number of hydrogen-bond acceptors (Lipinski definition) is 7. The number of aromatic nitrogens is 2. The minimum Gasteiger partial charge on any atom is -0.478 e. The Bertz CT molecular complexity index is 1140. The summed E-state index contributed by atoms with van der Waals surface area (Å²) < 4.78 is 11.9. The van der Waals surface area contributed by atoms with Crippen molar-refractivity contribution in [2.24, 2.45) is 7.05 Å². The number of nitrogens with zero attached hydrogens (tertiary/aromatic N) is 2. The summed E-state index contributed by atoms with van der Waals surface area (Å²) in [4.78, 5) is 41.3. The molecule has 9 heteroatoms. The number of esters is 1. The molecule has 3 rings (SSSR count). The van der Waals surface area contributed by atoms with E-state index in [1.807, 2.05) is 30.3 Å². The van der Waals surface area contributed by atoms with E-state index in [0.717, 1.165) is 22.6 Å². The van der Waals surface area contributed by atoms with Crippen molar-refractivity contribution in [1.29, 1.82) is 0 Å². The van der Waals surface area contributed by atoms with Crippen LogP contribution in [0.2, 0.25) is 0 Å². The molecule has 0 aliphatic rings. The predicted octanol–water partition coefficient (Wildman–Crippen LogP) is 2.74. The molecule has 31 heavy (non-hydrogen) atoms. The van der Waals surface area contributed by atoms with Gasteiger partial charge in [0.25, 0.3) is 5.91 Å². The van der Waals surface area contributed by atoms with Crippen LogP contribution in [0.25, 0.3) is 0 Å². The van der Waals surface area contributed by atoms with Crippen molar-refractivity contribution < 1.29 is 19.1 Å². The summed E-state index contributed by atoms with van der Waals surface area (Å²) >= 11 is 1.21. The van der Waals surface area contributed by atoms with Crippen LogP contribution in [-0.4, -0.2) is 35.1 Å². The standard InChI is InChI=1S/C22H23N3O5S/c1-14-11-16(26)17(12-25(14)2)30-13-19(27)23-22-24-20(21(28)29-3)18(31-22)10-9-15-7-5-4-6-8-15/h4-8,11-12H,9-10,13H2,1-3H3,(H,23,24,27). The molecule has 2 heterocycles. The summed E-state index contributed by atoms with van der Waals surface area (Å²) in [6, 6.07) is 11.3. The number of aryl methyl sites for hydroxylation is 4. The van der Waals surface area contributed by atoms with Crippen LogP contribution in [0.15, 0.2) is 47.4 Å². The molecule has 8 nitrogen and oxygen atoms in total. The Morgan fingerprint density at radius 1 is 1.19 bits per heavy atom. The van der Waals surface area contributed by atoms with Gasteiger partial charge in [-0.25, -0.2) is 9.78 Å². The third kappa shape index (κ3) is 5.79. The predicted molar refractivity (Wildman–Crippen MR) is 118 cm³/mol. The zero-order valence-corrected chi connectivity index (χ0v) is 18.3. The van der Waals surface area contributed by atoms with Crippen LogP contribution in [0.4, 0.5) is 5.13 Å². The lowest BCUT2D eigenvalue weighted by Gasteiger charge is -2.08. The minimum absolute atomic E-state index is 0.0844. The Labute approximate surface area is 183 Å². The second kappa shape index (κ2) is 10.0. The van der Waals surface area contributed by atoms with Crippen LogP contribution in [0.1, 0.15) is 26.6 Å². The van der Waals surface area contributed by atoms with Crippen LogP contribution < -0.4 is 15.5 Å². The van der Waals surface area contributed by atoms with Crippen molar-refractivity contribution in [1.82, 2.24) is 9.55 Å². The number of nitrogens with one attached hydrogen (secondary N) is 1. The normalized spacial score (nSPS) is 10.5. The fraction of sp³-hybridized carbons (Fsp3) is 0.273. The molecule has 3 aromatic rings. The van der Waals surface area contributed by atoms with E-state index in [1.54, 1.807) is 18.5 Å². The maximum atomic E-state index is 12.3. The first-order valence-electron chi connectivity index (χ1n) is 9.59. The fourth-order valence-corrected chi connectivity index (χ4v) is 3.81. The zero-order chi connectivity index (χ0) is 22.4. The summed E-state index contributed by atoms with van der Waals surface area (Å²) in [6.45, 7) is 1.44. The molecule has 0 saturated carbocycles. The lowest BCUT2D eigenvalue weighted by atomic mass is 10.1. The van der Waals surface area contributed by atoms with E-state index in [4.69, 9.17) is 9.47 Å². The Morgan fingerprint density at radius 3 is 2.65 bits per heavy atom. The molecule has 1 N–H and O–H groups in total. The molecule has 0 atom stereocenters. The Kier molecular flexibility index (Phi) is 7.19. The highest BCUT2D eigenvalue weighted by molar-refractivity contribution is 7.16. The molecule has 0 radical (unpaired) electrons. The zero-order valence-electron chi connectivity index (χ0n) is 17.5. The number of methoxy groups -OCH3 is 1. The van der Waals surface area contributed by atoms with Gasteiger partial charge in [-0.05, 0) is 25.3 Å². The number of pyridine rings is 1. The van der Waals surface area contributed by atoms with Gasteiger partial charge in [0.1, 0.15) is 0 Å². The van der Waals surface area contributed by atoms with E-state index in [2.05, 4.69) is 10.3 Å². The highest BCUT2D eigenvalue weighted by atomic mass is 32.1. The highest BCUT2D eigenvalue weighted by Crippen LogP contribution is 2.25. The van der Waals surface area contributed by atoms with E-state index in [9.17, 15) is 14.4 Å². The minimum atomic E-state index is -0.556. The molecule has 0 unspecified atom stereocenters. The number of hydrogen-bond donors (Lipinski definition) is 1. The van der Waals surface area contributed by atoms with Crippen LogP contribution >= 0.6 is 11.3 Å². The van der Waals surface area contributed by atoms with Crippen molar-refractivity contribution in [3.63, 3.8) is 0 Å². The third-order valence-electron chi connectivity index (χ3n) is 4.61. The van der Waals surface area contributed by atoms with E-state index in [-0.39, 0.29) is 28.6 Å². The lowest BCUT2D eigenvalue weighted by molar-refractivity contribution is -0.118.